The van der Waals surface area contributed by atoms with Crippen molar-refractivity contribution in [1.29, 1.82) is 0 Å². The highest BCUT2D eigenvalue weighted by atomic mass is 16.4. The fourth-order valence-electron chi connectivity index (χ4n) is 4.14. The number of likely N-dealkylation sites (tertiary alicyclic amines) is 1. The molecule has 0 aliphatic carbocycles. The van der Waals surface area contributed by atoms with Crippen LogP contribution >= 0.6 is 0 Å². The monoisotopic (exact) mass is 435 g/mol. The maximum absolute atomic E-state index is 12.5. The van der Waals surface area contributed by atoms with Gasteiger partial charge in [0.25, 0.3) is 0 Å². The molecular weight excluding hydrogens is 402 g/mol. The molecule has 2 aromatic rings. The second-order valence-corrected chi connectivity index (χ2v) is 8.51. The summed E-state index contributed by atoms with van der Waals surface area (Å²) in [7, 11) is 0. The Kier molecular flexibility index (Phi) is 8.17. The number of carbonyl (C=O) groups excluding carboxylic acids is 1. The average Bonchev–Trinajstić information content (AvgIpc) is 3.29. The fourth-order valence-corrected chi connectivity index (χ4v) is 4.14. The first-order valence-electron chi connectivity index (χ1n) is 11.4. The molecule has 1 aromatic heterocycles. The lowest BCUT2D eigenvalue weighted by atomic mass is 9.79. The van der Waals surface area contributed by atoms with Crippen LogP contribution in [0.25, 0.3) is 12.2 Å². The zero-order valence-electron chi connectivity index (χ0n) is 19.0. The Morgan fingerprint density at radius 2 is 1.81 bits per heavy atom. The van der Waals surface area contributed by atoms with Crippen LogP contribution in [0.1, 0.15) is 62.9 Å². The van der Waals surface area contributed by atoms with Crippen LogP contribution in [0.5, 0.6) is 0 Å². The Balaban J connectivity index is 1.64. The zero-order chi connectivity index (χ0) is 23.0. The Morgan fingerprint density at radius 1 is 1.09 bits per heavy atom. The smallest absolute Gasteiger partial charge is 0.310 e. The number of aliphatic carboxylic acids is 1. The number of aromatic nitrogens is 1. The molecule has 0 radical (unpaired) electrons. The van der Waals surface area contributed by atoms with Crippen LogP contribution in [0.15, 0.2) is 42.5 Å². The Morgan fingerprint density at radius 3 is 2.50 bits per heavy atom. The Labute approximate surface area is 190 Å². The van der Waals surface area contributed by atoms with Crippen molar-refractivity contribution in [3.05, 3.63) is 59.4 Å². The van der Waals surface area contributed by atoms with Gasteiger partial charge in [-0.15, -0.1) is 0 Å². The largest absolute Gasteiger partial charge is 0.481 e. The van der Waals surface area contributed by atoms with Crippen LogP contribution in [0.4, 0.5) is 5.69 Å². The lowest BCUT2D eigenvalue weighted by molar-refractivity contribution is -0.151. The number of nitrogens with zero attached hydrogens (tertiary/aromatic N) is 2. The highest BCUT2D eigenvalue weighted by Gasteiger charge is 2.37. The molecule has 1 saturated heterocycles. The van der Waals surface area contributed by atoms with E-state index in [0.29, 0.717) is 18.5 Å². The van der Waals surface area contributed by atoms with Crippen LogP contribution < -0.4 is 5.32 Å². The molecule has 6 nitrogen and oxygen atoms in total. The van der Waals surface area contributed by atoms with Crippen LogP contribution in [0.3, 0.4) is 0 Å². The molecule has 2 N–H and O–H groups in total. The van der Waals surface area contributed by atoms with Crippen molar-refractivity contribution in [3.8, 4) is 0 Å². The van der Waals surface area contributed by atoms with Gasteiger partial charge in [0, 0.05) is 18.7 Å². The van der Waals surface area contributed by atoms with Crippen LogP contribution in [-0.2, 0) is 16.1 Å². The summed E-state index contributed by atoms with van der Waals surface area (Å²) in [6, 6.07) is 13.6. The van der Waals surface area contributed by atoms with E-state index in [2.05, 4.69) is 16.3 Å². The van der Waals surface area contributed by atoms with E-state index in [0.717, 1.165) is 36.6 Å². The van der Waals surface area contributed by atoms with E-state index in [4.69, 9.17) is 4.98 Å². The first-order chi connectivity index (χ1) is 15.4. The first kappa shape index (κ1) is 23.7. The molecule has 1 aliphatic heterocycles. The highest BCUT2D eigenvalue weighted by Crippen LogP contribution is 2.31. The minimum Gasteiger partial charge on any atom is -0.481 e. The third kappa shape index (κ3) is 6.26. The molecule has 1 aromatic carbocycles. The molecular formula is C26H33N3O3. The SMILES string of the molecule is CCC(CC)(CC(=O)Nc1cccc(C=Cc2cccc(CN3CCCC3)n2)c1)C(=O)O. The maximum atomic E-state index is 12.5. The number of carboxylic acid groups (broad SMARTS) is 1. The predicted octanol–water partition coefficient (Wildman–Crippen LogP) is 5.07. The second kappa shape index (κ2) is 11.0. The summed E-state index contributed by atoms with van der Waals surface area (Å²) in [5.41, 5.74) is 2.54. The molecule has 0 saturated carbocycles. The van der Waals surface area contributed by atoms with Crippen LogP contribution in [0.2, 0.25) is 0 Å². The Bertz CT molecular complexity index is 960. The van der Waals surface area contributed by atoms with Gasteiger partial charge in [-0.3, -0.25) is 19.5 Å². The molecule has 6 heteroatoms. The van der Waals surface area contributed by atoms with Crippen LogP contribution in [0, 0.1) is 5.41 Å². The molecule has 0 unspecified atom stereocenters. The molecule has 170 valence electrons. The summed E-state index contributed by atoms with van der Waals surface area (Å²) >= 11 is 0. The molecule has 0 bridgehead atoms. The van der Waals surface area contributed by atoms with E-state index in [-0.39, 0.29) is 12.3 Å². The van der Waals surface area contributed by atoms with E-state index in [1.165, 1.54) is 12.8 Å². The molecule has 1 aliphatic rings. The van der Waals surface area contributed by atoms with Gasteiger partial charge in [0.15, 0.2) is 0 Å². The van der Waals surface area contributed by atoms with Gasteiger partial charge in [-0.25, -0.2) is 0 Å². The van der Waals surface area contributed by atoms with Crippen molar-refractivity contribution >= 4 is 29.7 Å². The van der Waals surface area contributed by atoms with E-state index < -0.39 is 11.4 Å². The van der Waals surface area contributed by atoms with Crippen molar-refractivity contribution in [1.82, 2.24) is 9.88 Å². The van der Waals surface area contributed by atoms with Crippen molar-refractivity contribution in [3.63, 3.8) is 0 Å². The zero-order valence-corrected chi connectivity index (χ0v) is 19.0. The number of carbonyl (C=O) groups is 2. The summed E-state index contributed by atoms with van der Waals surface area (Å²) in [6.45, 7) is 6.79. The topological polar surface area (TPSA) is 82.5 Å². The van der Waals surface area contributed by atoms with E-state index in [1.807, 2.05) is 62.4 Å². The summed E-state index contributed by atoms with van der Waals surface area (Å²) in [5, 5.41) is 12.4. The summed E-state index contributed by atoms with van der Waals surface area (Å²) in [6.07, 6.45) is 7.26. The third-order valence-electron chi connectivity index (χ3n) is 6.34. The van der Waals surface area contributed by atoms with E-state index in [9.17, 15) is 14.7 Å². The van der Waals surface area contributed by atoms with Gasteiger partial charge in [0.05, 0.1) is 16.8 Å². The molecule has 1 amide bonds. The maximum Gasteiger partial charge on any atom is 0.310 e. The number of hydrogen-bond acceptors (Lipinski definition) is 4. The summed E-state index contributed by atoms with van der Waals surface area (Å²) in [4.78, 5) is 31.4. The molecule has 32 heavy (non-hydrogen) atoms. The number of rotatable bonds is 10. The number of carboxylic acids is 1. The number of amides is 1. The normalized spacial score (nSPS) is 14.7. The van der Waals surface area contributed by atoms with Gasteiger partial charge in [-0.2, -0.15) is 0 Å². The third-order valence-corrected chi connectivity index (χ3v) is 6.34. The number of anilines is 1. The molecule has 2 heterocycles. The Hall–Kier alpha value is -2.99. The van der Waals surface area contributed by atoms with Gasteiger partial charge in [-0.05, 0) is 74.7 Å². The highest BCUT2D eigenvalue weighted by molar-refractivity contribution is 5.94. The number of benzene rings is 1. The van der Waals surface area contributed by atoms with Crippen LogP contribution in [-0.4, -0.2) is 40.0 Å². The van der Waals surface area contributed by atoms with Gasteiger partial charge in [0.1, 0.15) is 0 Å². The minimum atomic E-state index is -1.02. The van der Waals surface area contributed by atoms with Gasteiger partial charge in [-0.1, -0.05) is 38.1 Å². The quantitative estimate of drug-likeness (QED) is 0.545. The number of nitrogens with one attached hydrogen (secondary N) is 1. The standard InChI is InChI=1S/C26H33N3O3/c1-3-26(4-2,25(31)32)18-24(30)28-22-11-7-9-20(17-22)13-14-21-10-8-12-23(27-21)19-29-15-5-6-16-29/h7-14,17H,3-6,15-16,18-19H2,1-2H3,(H,28,30)(H,31,32). The minimum absolute atomic E-state index is 0.0386. The van der Waals surface area contributed by atoms with Crippen molar-refractivity contribution in [2.45, 2.75) is 52.5 Å². The summed E-state index contributed by atoms with van der Waals surface area (Å²) < 4.78 is 0. The molecule has 3 rings (SSSR count). The number of hydrogen-bond donors (Lipinski definition) is 2. The average molecular weight is 436 g/mol. The fraction of sp³-hybridized carbons (Fsp3) is 0.423. The van der Waals surface area contributed by atoms with E-state index in [1.54, 1.807) is 0 Å². The molecule has 1 fully saturated rings. The van der Waals surface area contributed by atoms with Gasteiger partial charge in [0.2, 0.25) is 5.91 Å². The van der Waals surface area contributed by atoms with Crippen molar-refractivity contribution in [2.24, 2.45) is 5.41 Å². The van der Waals surface area contributed by atoms with Crippen molar-refractivity contribution < 1.29 is 14.7 Å². The summed E-state index contributed by atoms with van der Waals surface area (Å²) in [5.74, 6) is -1.21. The van der Waals surface area contributed by atoms with Gasteiger partial charge >= 0.3 is 5.97 Å². The lowest BCUT2D eigenvalue weighted by Gasteiger charge is -2.25. The van der Waals surface area contributed by atoms with Gasteiger partial charge < -0.3 is 10.4 Å². The lowest BCUT2D eigenvalue weighted by Crippen LogP contribution is -2.34. The van der Waals surface area contributed by atoms with Crippen molar-refractivity contribution in [2.75, 3.05) is 18.4 Å². The molecule has 0 spiro atoms. The first-order valence-corrected chi connectivity index (χ1v) is 11.4. The van der Waals surface area contributed by atoms with E-state index >= 15 is 0 Å². The second-order valence-electron chi connectivity index (χ2n) is 8.51. The number of pyridine rings is 1. The predicted molar refractivity (Wildman–Crippen MR) is 128 cm³/mol. The molecule has 0 atom stereocenters.